The highest BCUT2D eigenvalue weighted by atomic mass is 19.4. The lowest BCUT2D eigenvalue weighted by Crippen LogP contribution is -2.03. The van der Waals surface area contributed by atoms with E-state index in [2.05, 4.69) is 4.98 Å². The zero-order valence-electron chi connectivity index (χ0n) is 12.5. The van der Waals surface area contributed by atoms with Crippen molar-refractivity contribution in [3.63, 3.8) is 0 Å². The van der Waals surface area contributed by atoms with E-state index < -0.39 is 11.7 Å². The molecule has 0 aliphatic carbocycles. The topological polar surface area (TPSA) is 34.2 Å². The number of aromatic amines is 1. The Bertz CT molecular complexity index is 830. The van der Waals surface area contributed by atoms with Crippen molar-refractivity contribution >= 4 is 10.9 Å². The van der Waals surface area contributed by atoms with Crippen molar-refractivity contribution in [1.29, 1.82) is 0 Å². The van der Waals surface area contributed by atoms with E-state index in [4.69, 9.17) is 9.47 Å². The van der Waals surface area contributed by atoms with Gasteiger partial charge in [0.25, 0.3) is 0 Å². The smallest absolute Gasteiger partial charge is 0.416 e. The van der Waals surface area contributed by atoms with Gasteiger partial charge >= 0.3 is 6.18 Å². The van der Waals surface area contributed by atoms with Crippen molar-refractivity contribution in [2.45, 2.75) is 6.18 Å². The quantitative estimate of drug-likeness (QED) is 0.747. The van der Waals surface area contributed by atoms with Gasteiger partial charge in [-0.05, 0) is 36.4 Å². The summed E-state index contributed by atoms with van der Waals surface area (Å²) in [5.41, 5.74) is 1.43. The molecule has 1 aromatic heterocycles. The highest BCUT2D eigenvalue weighted by molar-refractivity contribution is 5.87. The third-order valence-electron chi connectivity index (χ3n) is 3.61. The predicted molar refractivity (Wildman–Crippen MR) is 81.8 cm³/mol. The Hall–Kier alpha value is -2.63. The molecule has 3 nitrogen and oxygen atoms in total. The monoisotopic (exact) mass is 321 g/mol. The Morgan fingerprint density at radius 1 is 0.870 bits per heavy atom. The van der Waals surface area contributed by atoms with Gasteiger partial charge in [-0.25, -0.2) is 0 Å². The molecule has 0 spiro atoms. The van der Waals surface area contributed by atoms with Gasteiger partial charge in [-0.2, -0.15) is 13.2 Å². The third kappa shape index (κ3) is 2.97. The number of alkyl halides is 3. The van der Waals surface area contributed by atoms with Gasteiger partial charge in [-0.3, -0.25) is 0 Å². The first kappa shape index (κ1) is 15.3. The second-order valence-electron chi connectivity index (χ2n) is 5.08. The lowest BCUT2D eigenvalue weighted by molar-refractivity contribution is -0.137. The summed E-state index contributed by atoms with van der Waals surface area (Å²) in [6.07, 6.45) is -4.36. The van der Waals surface area contributed by atoms with Crippen molar-refractivity contribution < 1.29 is 22.6 Å². The van der Waals surface area contributed by atoms with E-state index in [0.29, 0.717) is 28.1 Å². The molecule has 0 saturated heterocycles. The number of ether oxygens (including phenoxy) is 2. The number of aromatic nitrogens is 1. The van der Waals surface area contributed by atoms with E-state index in [0.717, 1.165) is 17.7 Å². The molecule has 0 atom stereocenters. The summed E-state index contributed by atoms with van der Waals surface area (Å²) in [5.74, 6) is 1.21. The molecular formula is C17H14F3NO2. The molecule has 2 aromatic carbocycles. The van der Waals surface area contributed by atoms with Gasteiger partial charge in [0.15, 0.2) is 0 Å². The minimum Gasteiger partial charge on any atom is -0.497 e. The van der Waals surface area contributed by atoms with Gasteiger partial charge in [0, 0.05) is 28.2 Å². The normalized spacial score (nSPS) is 11.7. The number of benzene rings is 2. The molecule has 0 bridgehead atoms. The van der Waals surface area contributed by atoms with Crippen LogP contribution in [-0.4, -0.2) is 19.2 Å². The Morgan fingerprint density at radius 2 is 1.52 bits per heavy atom. The molecular weight excluding hydrogens is 307 g/mol. The lowest BCUT2D eigenvalue weighted by atomic mass is 10.1. The first-order chi connectivity index (χ1) is 10.9. The van der Waals surface area contributed by atoms with Gasteiger partial charge in [0.2, 0.25) is 0 Å². The minimum atomic E-state index is -4.36. The molecule has 0 fully saturated rings. The number of nitrogens with one attached hydrogen (secondary N) is 1. The van der Waals surface area contributed by atoms with Crippen LogP contribution in [0.15, 0.2) is 42.5 Å². The SMILES string of the molecule is COc1cc(OC)cc(-c2cc3cc(C(F)(F)F)ccc3[nH]2)c1. The van der Waals surface area contributed by atoms with Crippen LogP contribution in [-0.2, 0) is 6.18 Å². The first-order valence-corrected chi connectivity index (χ1v) is 6.84. The van der Waals surface area contributed by atoms with Gasteiger partial charge in [-0.1, -0.05) is 0 Å². The molecule has 1 N–H and O–H groups in total. The number of fused-ring (bicyclic) bond motifs is 1. The average molecular weight is 321 g/mol. The summed E-state index contributed by atoms with van der Waals surface area (Å²) < 4.78 is 48.8. The van der Waals surface area contributed by atoms with Crippen molar-refractivity contribution in [2.75, 3.05) is 14.2 Å². The standard InChI is InChI=1S/C17H14F3NO2/c1-22-13-6-11(7-14(9-13)23-2)16-8-10-5-12(17(18,19)20)3-4-15(10)21-16/h3-9,21H,1-2H3. The summed E-state index contributed by atoms with van der Waals surface area (Å²) in [7, 11) is 3.08. The maximum Gasteiger partial charge on any atom is 0.416 e. The van der Waals surface area contributed by atoms with Crippen molar-refractivity contribution in [3.05, 3.63) is 48.0 Å². The molecule has 0 aliphatic rings. The third-order valence-corrected chi connectivity index (χ3v) is 3.61. The number of halogens is 3. The van der Waals surface area contributed by atoms with Crippen LogP contribution < -0.4 is 9.47 Å². The Balaban J connectivity index is 2.10. The van der Waals surface area contributed by atoms with Crippen LogP contribution >= 0.6 is 0 Å². The number of hydrogen-bond donors (Lipinski definition) is 1. The molecule has 6 heteroatoms. The number of hydrogen-bond acceptors (Lipinski definition) is 2. The summed E-state index contributed by atoms with van der Waals surface area (Å²) in [6, 6.07) is 10.6. The molecule has 3 aromatic rings. The zero-order chi connectivity index (χ0) is 16.6. The minimum absolute atomic E-state index is 0.497. The summed E-state index contributed by atoms with van der Waals surface area (Å²) in [5, 5.41) is 0.497. The molecule has 0 amide bonds. The van der Waals surface area contributed by atoms with Crippen LogP contribution in [0.25, 0.3) is 22.2 Å². The van der Waals surface area contributed by atoms with E-state index in [1.54, 1.807) is 38.5 Å². The molecule has 0 unspecified atom stereocenters. The molecule has 0 saturated carbocycles. The predicted octanol–water partition coefficient (Wildman–Crippen LogP) is 4.87. The highest BCUT2D eigenvalue weighted by Gasteiger charge is 2.30. The first-order valence-electron chi connectivity index (χ1n) is 6.84. The maximum absolute atomic E-state index is 12.8. The lowest BCUT2D eigenvalue weighted by Gasteiger charge is -2.07. The summed E-state index contributed by atoms with van der Waals surface area (Å²) in [4.78, 5) is 3.11. The van der Waals surface area contributed by atoms with Gasteiger partial charge in [0.1, 0.15) is 11.5 Å². The maximum atomic E-state index is 12.8. The number of rotatable bonds is 3. The molecule has 3 rings (SSSR count). The van der Waals surface area contributed by atoms with Gasteiger partial charge < -0.3 is 14.5 Å². The van der Waals surface area contributed by atoms with Crippen molar-refractivity contribution in [2.24, 2.45) is 0 Å². The molecule has 0 radical (unpaired) electrons. The molecule has 23 heavy (non-hydrogen) atoms. The fourth-order valence-corrected chi connectivity index (χ4v) is 2.43. The Labute approximate surface area is 130 Å². The van der Waals surface area contributed by atoms with Crippen LogP contribution in [0.4, 0.5) is 13.2 Å². The second kappa shape index (κ2) is 5.53. The van der Waals surface area contributed by atoms with Crippen LogP contribution in [0.5, 0.6) is 11.5 Å². The second-order valence-corrected chi connectivity index (χ2v) is 5.08. The summed E-state index contributed by atoms with van der Waals surface area (Å²) in [6.45, 7) is 0. The van der Waals surface area contributed by atoms with Crippen molar-refractivity contribution in [1.82, 2.24) is 4.98 Å². The van der Waals surface area contributed by atoms with Crippen LogP contribution in [0.1, 0.15) is 5.56 Å². The Kier molecular flexibility index (Phi) is 3.67. The van der Waals surface area contributed by atoms with Crippen LogP contribution in [0.2, 0.25) is 0 Å². The van der Waals surface area contributed by atoms with E-state index in [1.807, 2.05) is 0 Å². The molecule has 0 aliphatic heterocycles. The zero-order valence-corrected chi connectivity index (χ0v) is 12.5. The number of methoxy groups -OCH3 is 2. The fraction of sp³-hybridized carbons (Fsp3) is 0.176. The average Bonchev–Trinajstić information content (AvgIpc) is 2.96. The fourth-order valence-electron chi connectivity index (χ4n) is 2.43. The van der Waals surface area contributed by atoms with Crippen molar-refractivity contribution in [3.8, 4) is 22.8 Å². The van der Waals surface area contributed by atoms with Gasteiger partial charge in [-0.15, -0.1) is 0 Å². The van der Waals surface area contributed by atoms with E-state index in [-0.39, 0.29) is 0 Å². The van der Waals surface area contributed by atoms with Gasteiger partial charge in [0.05, 0.1) is 19.8 Å². The van der Waals surface area contributed by atoms with Crippen LogP contribution in [0.3, 0.4) is 0 Å². The van der Waals surface area contributed by atoms with E-state index >= 15 is 0 Å². The largest absolute Gasteiger partial charge is 0.497 e. The Morgan fingerprint density at radius 3 is 2.09 bits per heavy atom. The number of H-pyrrole nitrogens is 1. The van der Waals surface area contributed by atoms with Crippen LogP contribution in [0, 0.1) is 0 Å². The highest BCUT2D eigenvalue weighted by Crippen LogP contribution is 2.34. The molecule has 120 valence electrons. The molecule has 1 heterocycles. The van der Waals surface area contributed by atoms with E-state index in [1.165, 1.54) is 6.07 Å². The van der Waals surface area contributed by atoms with E-state index in [9.17, 15) is 13.2 Å². The summed E-state index contributed by atoms with van der Waals surface area (Å²) >= 11 is 0.